The molecule has 2 N–H and O–H groups in total. The molecule has 0 heterocycles. The smallest absolute Gasteiger partial charge is 0.221 e. The van der Waals surface area contributed by atoms with Gasteiger partial charge in [0.25, 0.3) is 0 Å². The van der Waals surface area contributed by atoms with E-state index in [0.29, 0.717) is 0 Å². The predicted octanol–water partition coefficient (Wildman–Crippen LogP) is -0.895. The average Bonchev–Trinajstić information content (AvgIpc) is 1.89. The summed E-state index contributed by atoms with van der Waals surface area (Å²) in [6, 6.07) is 0. The fourth-order valence-electron chi connectivity index (χ4n) is 0.273. The summed E-state index contributed by atoms with van der Waals surface area (Å²) >= 11 is 0. The molecule has 0 aliphatic rings. The summed E-state index contributed by atoms with van der Waals surface area (Å²) < 4.78 is -0.684. The second-order valence-electron chi connectivity index (χ2n) is 1.89. The van der Waals surface area contributed by atoms with E-state index in [2.05, 4.69) is 20.7 Å². The number of rotatable bonds is 5. The highest BCUT2D eigenvalue weighted by Gasteiger charge is 2.05. The highest BCUT2D eigenvalue weighted by molar-refractivity contribution is 4.14. The summed E-state index contributed by atoms with van der Waals surface area (Å²) in [5, 5.41) is 11.0. The van der Waals surface area contributed by atoms with Crippen LogP contribution in [0.2, 0.25) is 0 Å². The molecule has 0 radical (unpaired) electrons. The Bertz CT molecular complexity index is 87.8. The Labute approximate surface area is 59.8 Å². The highest BCUT2D eigenvalue weighted by atomic mass is 16.9. The minimum Gasteiger partial charge on any atom is -0.610 e. The fourth-order valence-corrected chi connectivity index (χ4v) is 0.273. The number of quaternary nitrogens is 1. The van der Waals surface area contributed by atoms with Crippen LogP contribution in [0.4, 0.5) is 0 Å². The standard InChI is InChI=1S/C4H13N3O3/c1-5-7(2,8)4-10-6-9-3/h5-6H,4H2,1-3H3. The quantitative estimate of drug-likeness (QED) is 0.231. The van der Waals surface area contributed by atoms with Crippen LogP contribution in [0.3, 0.4) is 0 Å². The summed E-state index contributed by atoms with van der Waals surface area (Å²) in [6.45, 7) is -0.0651. The monoisotopic (exact) mass is 151 g/mol. The minimum absolute atomic E-state index is 0.0651. The molecule has 0 aromatic carbocycles. The second kappa shape index (κ2) is 4.56. The summed E-state index contributed by atoms with van der Waals surface area (Å²) in [5.74, 6) is 0. The fraction of sp³-hybridized carbons (Fsp3) is 1.00. The SMILES string of the molecule is CN[N+](C)([O-])CONOC. The number of hydrogen-bond acceptors (Lipinski definition) is 5. The van der Waals surface area contributed by atoms with Gasteiger partial charge in [-0.15, -0.1) is 0 Å². The van der Waals surface area contributed by atoms with Gasteiger partial charge in [0.05, 0.1) is 14.2 Å². The van der Waals surface area contributed by atoms with Crippen LogP contribution in [0.5, 0.6) is 0 Å². The Morgan fingerprint density at radius 3 is 2.60 bits per heavy atom. The van der Waals surface area contributed by atoms with E-state index in [1.807, 2.05) is 0 Å². The number of nitrogens with one attached hydrogen (secondary N) is 2. The van der Waals surface area contributed by atoms with Crippen molar-refractivity contribution in [2.24, 2.45) is 0 Å². The minimum atomic E-state index is -0.684. The average molecular weight is 151 g/mol. The van der Waals surface area contributed by atoms with E-state index < -0.39 is 4.76 Å². The molecule has 0 aromatic heterocycles. The maximum absolute atomic E-state index is 11.0. The molecule has 6 heteroatoms. The first-order valence-electron chi connectivity index (χ1n) is 2.77. The van der Waals surface area contributed by atoms with Crippen molar-refractivity contribution in [1.29, 1.82) is 0 Å². The summed E-state index contributed by atoms with van der Waals surface area (Å²) in [4.78, 5) is 8.90. The third-order valence-electron chi connectivity index (χ3n) is 0.926. The lowest BCUT2D eigenvalue weighted by Crippen LogP contribution is -2.50. The van der Waals surface area contributed by atoms with Gasteiger partial charge < -0.3 is 5.21 Å². The van der Waals surface area contributed by atoms with Crippen LogP contribution in [-0.2, 0) is 9.68 Å². The van der Waals surface area contributed by atoms with E-state index in [9.17, 15) is 5.21 Å². The van der Waals surface area contributed by atoms with Crippen molar-refractivity contribution in [3.8, 4) is 0 Å². The number of hydrogen-bond donors (Lipinski definition) is 2. The third kappa shape index (κ3) is 4.62. The molecule has 0 aliphatic heterocycles. The first-order chi connectivity index (χ1) is 4.62. The van der Waals surface area contributed by atoms with Crippen LogP contribution < -0.4 is 11.1 Å². The Hall–Kier alpha value is -0.240. The van der Waals surface area contributed by atoms with Crippen molar-refractivity contribution in [1.82, 2.24) is 11.1 Å². The van der Waals surface area contributed by atoms with Crippen molar-refractivity contribution in [2.45, 2.75) is 0 Å². The van der Waals surface area contributed by atoms with Gasteiger partial charge in [-0.05, 0) is 0 Å². The van der Waals surface area contributed by atoms with E-state index in [4.69, 9.17) is 0 Å². The van der Waals surface area contributed by atoms with Gasteiger partial charge in [-0.3, -0.25) is 9.59 Å². The maximum atomic E-state index is 11.0. The third-order valence-corrected chi connectivity index (χ3v) is 0.926. The molecule has 0 bridgehead atoms. The maximum Gasteiger partial charge on any atom is 0.221 e. The number of nitrogens with zero attached hydrogens (tertiary/aromatic N) is 1. The molecule has 0 aliphatic carbocycles. The van der Waals surface area contributed by atoms with Crippen LogP contribution >= 0.6 is 0 Å². The second-order valence-corrected chi connectivity index (χ2v) is 1.89. The predicted molar refractivity (Wildman–Crippen MR) is 34.7 cm³/mol. The van der Waals surface area contributed by atoms with Gasteiger partial charge in [0, 0.05) is 7.05 Å². The Morgan fingerprint density at radius 1 is 1.60 bits per heavy atom. The van der Waals surface area contributed by atoms with Gasteiger partial charge in [-0.1, -0.05) is 5.64 Å². The lowest BCUT2D eigenvalue weighted by Gasteiger charge is -2.34. The van der Waals surface area contributed by atoms with Crippen LogP contribution in [0, 0.1) is 5.21 Å². The van der Waals surface area contributed by atoms with Gasteiger partial charge in [-0.25, -0.2) is 4.84 Å². The molecule has 0 saturated carbocycles. The Kier molecular flexibility index (Phi) is 4.45. The normalized spacial score (nSPS) is 16.8. The lowest BCUT2D eigenvalue weighted by molar-refractivity contribution is -0.924. The lowest BCUT2D eigenvalue weighted by atomic mass is 11.0. The van der Waals surface area contributed by atoms with Gasteiger partial charge in [0.1, 0.15) is 0 Å². The summed E-state index contributed by atoms with van der Waals surface area (Å²) in [6.07, 6.45) is 0. The molecule has 1 atom stereocenters. The molecule has 0 amide bonds. The molecular formula is C4H13N3O3. The van der Waals surface area contributed by atoms with Gasteiger partial charge in [-0.2, -0.15) is 5.43 Å². The number of hydroxylamine groups is 2. The molecule has 62 valence electrons. The van der Waals surface area contributed by atoms with Crippen molar-refractivity contribution in [3.63, 3.8) is 0 Å². The van der Waals surface area contributed by atoms with E-state index >= 15 is 0 Å². The summed E-state index contributed by atoms with van der Waals surface area (Å²) in [7, 11) is 4.36. The van der Waals surface area contributed by atoms with E-state index in [0.717, 1.165) is 0 Å². The molecule has 0 rings (SSSR count). The van der Waals surface area contributed by atoms with Crippen molar-refractivity contribution >= 4 is 0 Å². The first kappa shape index (κ1) is 9.76. The highest BCUT2D eigenvalue weighted by Crippen LogP contribution is 1.88. The summed E-state index contributed by atoms with van der Waals surface area (Å²) in [5.41, 5.74) is 4.54. The van der Waals surface area contributed by atoms with E-state index in [1.165, 1.54) is 14.2 Å². The zero-order valence-electron chi connectivity index (χ0n) is 6.38. The van der Waals surface area contributed by atoms with Crippen molar-refractivity contribution in [3.05, 3.63) is 5.21 Å². The van der Waals surface area contributed by atoms with Crippen molar-refractivity contribution < 1.29 is 14.4 Å². The molecule has 0 spiro atoms. The van der Waals surface area contributed by atoms with Crippen LogP contribution in [0.15, 0.2) is 0 Å². The van der Waals surface area contributed by atoms with Gasteiger partial charge in [0.15, 0.2) is 0 Å². The van der Waals surface area contributed by atoms with Crippen molar-refractivity contribution in [2.75, 3.05) is 27.9 Å². The Morgan fingerprint density at radius 2 is 2.20 bits per heavy atom. The topological polar surface area (TPSA) is 65.6 Å². The van der Waals surface area contributed by atoms with E-state index in [-0.39, 0.29) is 6.73 Å². The van der Waals surface area contributed by atoms with Gasteiger partial charge >= 0.3 is 0 Å². The molecule has 6 nitrogen and oxygen atoms in total. The largest absolute Gasteiger partial charge is 0.610 e. The van der Waals surface area contributed by atoms with Crippen LogP contribution in [-0.4, -0.2) is 32.7 Å². The molecule has 0 saturated heterocycles. The zero-order valence-corrected chi connectivity index (χ0v) is 6.38. The molecule has 1 unspecified atom stereocenters. The van der Waals surface area contributed by atoms with Crippen LogP contribution in [0.1, 0.15) is 0 Å². The molecule has 0 aromatic rings. The zero-order chi connectivity index (χ0) is 8.04. The Balaban J connectivity index is 3.28. The molecular weight excluding hydrogens is 138 g/mol. The van der Waals surface area contributed by atoms with Gasteiger partial charge in [0.2, 0.25) is 6.73 Å². The molecule has 0 fully saturated rings. The first-order valence-corrected chi connectivity index (χ1v) is 2.77. The van der Waals surface area contributed by atoms with Crippen LogP contribution in [0.25, 0.3) is 0 Å². The molecule has 10 heavy (non-hydrogen) atoms. The van der Waals surface area contributed by atoms with E-state index in [1.54, 1.807) is 7.05 Å².